The van der Waals surface area contributed by atoms with E-state index in [-0.39, 0.29) is 5.91 Å². The summed E-state index contributed by atoms with van der Waals surface area (Å²) in [5.41, 5.74) is 7.19. The Morgan fingerprint density at radius 2 is 1.88 bits per heavy atom. The molecule has 0 unspecified atom stereocenters. The van der Waals surface area contributed by atoms with Crippen molar-refractivity contribution in [3.63, 3.8) is 0 Å². The second kappa shape index (κ2) is 15.0. The number of benzene rings is 2. The summed E-state index contributed by atoms with van der Waals surface area (Å²) in [7, 11) is 5.69. The maximum absolute atomic E-state index is 13.6. The van der Waals surface area contributed by atoms with Crippen LogP contribution in [0.2, 0.25) is 0 Å². The number of likely N-dealkylation sites (N-methyl/N-ethyl adjacent to an activating group) is 1. The molecule has 0 aliphatic carbocycles. The molecule has 0 radical (unpaired) electrons. The summed E-state index contributed by atoms with van der Waals surface area (Å²) < 4.78 is 1.93. The number of nitrogens with one attached hydrogen (secondary N) is 3. The Morgan fingerprint density at radius 1 is 1.08 bits per heavy atom. The number of piperazine rings is 1. The highest BCUT2D eigenvalue weighted by Gasteiger charge is 2.23. The smallest absolute Gasteiger partial charge is 0.255 e. The van der Waals surface area contributed by atoms with Crippen LogP contribution in [0.15, 0.2) is 77.8 Å². The van der Waals surface area contributed by atoms with Crippen LogP contribution in [0.25, 0.3) is 5.65 Å². The highest BCUT2D eigenvalue weighted by Crippen LogP contribution is 2.28. The molecule has 0 saturated carbocycles. The van der Waals surface area contributed by atoms with Crippen molar-refractivity contribution >= 4 is 29.1 Å². The lowest BCUT2D eigenvalue weighted by atomic mass is 9.85. The normalized spacial score (nSPS) is 14.4. The van der Waals surface area contributed by atoms with Crippen LogP contribution < -0.4 is 16.0 Å². The van der Waals surface area contributed by atoms with Gasteiger partial charge in [-0.3, -0.25) is 19.1 Å². The number of nitriles is 1. The molecule has 5 rings (SSSR count). The van der Waals surface area contributed by atoms with Gasteiger partial charge in [-0.2, -0.15) is 5.26 Å². The van der Waals surface area contributed by atoms with Crippen molar-refractivity contribution in [3.8, 4) is 17.9 Å². The molecule has 48 heavy (non-hydrogen) atoms. The zero-order valence-corrected chi connectivity index (χ0v) is 28.6. The minimum atomic E-state index is -0.700. The van der Waals surface area contributed by atoms with Crippen molar-refractivity contribution in [3.05, 3.63) is 106 Å². The van der Waals surface area contributed by atoms with Crippen molar-refractivity contribution in [1.29, 1.82) is 5.26 Å². The summed E-state index contributed by atoms with van der Waals surface area (Å²) in [6, 6.07) is 17.8. The van der Waals surface area contributed by atoms with Crippen molar-refractivity contribution < 1.29 is 4.79 Å². The molecule has 3 N–H and O–H groups in total. The second-order valence-electron chi connectivity index (χ2n) is 12.6. The minimum absolute atomic E-state index is 0.234. The van der Waals surface area contributed by atoms with E-state index in [2.05, 4.69) is 66.8 Å². The Hall–Kier alpha value is -5.42. The number of rotatable bonds is 9. The van der Waals surface area contributed by atoms with Gasteiger partial charge in [-0.25, -0.2) is 4.98 Å². The number of anilines is 2. The first-order chi connectivity index (χ1) is 23.1. The SMILES string of the molecule is C/N=C\C(=C/NC)Nc1cccn2c(C#Cc3cc(C(=O)Nc4cc(CN5CCN(C)CC5)cc(C(C)(C)C#N)c4)ccc3C)cnc12. The zero-order valence-electron chi connectivity index (χ0n) is 28.6. The lowest BCUT2D eigenvalue weighted by Gasteiger charge is -2.32. The van der Waals surface area contributed by atoms with Gasteiger partial charge in [0.2, 0.25) is 0 Å². The van der Waals surface area contributed by atoms with Gasteiger partial charge < -0.3 is 20.9 Å². The second-order valence-corrected chi connectivity index (χ2v) is 12.6. The molecule has 3 heterocycles. The first-order valence-electron chi connectivity index (χ1n) is 16.0. The van der Waals surface area contributed by atoms with Crippen LogP contribution in [0, 0.1) is 30.1 Å². The van der Waals surface area contributed by atoms with E-state index in [1.165, 1.54) is 0 Å². The maximum atomic E-state index is 13.6. The van der Waals surface area contributed by atoms with E-state index in [1.54, 1.807) is 19.5 Å². The predicted molar refractivity (Wildman–Crippen MR) is 193 cm³/mol. The molecular formula is C38H43N9O. The first kappa shape index (κ1) is 33.9. The Morgan fingerprint density at radius 3 is 2.60 bits per heavy atom. The van der Waals surface area contributed by atoms with Gasteiger partial charge in [-0.05, 0) is 86.8 Å². The number of amides is 1. The average Bonchev–Trinajstić information content (AvgIpc) is 3.49. The maximum Gasteiger partial charge on any atom is 0.255 e. The number of carbonyl (C=O) groups excluding carboxylic acids is 1. The molecule has 0 spiro atoms. The van der Waals surface area contributed by atoms with Crippen molar-refractivity contribution in [2.24, 2.45) is 4.99 Å². The molecule has 0 atom stereocenters. The molecular weight excluding hydrogens is 598 g/mol. The summed E-state index contributed by atoms with van der Waals surface area (Å²) >= 11 is 0. The number of allylic oxidation sites excluding steroid dienone is 1. The molecule has 2 aromatic heterocycles. The van der Waals surface area contributed by atoms with Gasteiger partial charge in [-0.1, -0.05) is 18.1 Å². The van der Waals surface area contributed by atoms with E-state index in [1.807, 2.05) is 87.1 Å². The molecule has 2 aromatic carbocycles. The van der Waals surface area contributed by atoms with Gasteiger partial charge in [0.15, 0.2) is 5.65 Å². The molecule has 1 saturated heterocycles. The monoisotopic (exact) mass is 641 g/mol. The van der Waals surface area contributed by atoms with E-state index in [0.29, 0.717) is 11.3 Å². The third-order valence-corrected chi connectivity index (χ3v) is 8.46. The summed E-state index contributed by atoms with van der Waals surface area (Å²) in [5.74, 6) is 6.28. The van der Waals surface area contributed by atoms with Crippen molar-refractivity contribution in [2.75, 3.05) is 58.0 Å². The Kier molecular flexibility index (Phi) is 10.6. The topological polar surface area (TPSA) is 113 Å². The number of aromatic nitrogens is 2. The lowest BCUT2D eigenvalue weighted by molar-refractivity contribution is 0.102. The van der Waals surface area contributed by atoms with E-state index in [4.69, 9.17) is 0 Å². The summed E-state index contributed by atoms with van der Waals surface area (Å²) in [4.78, 5) is 27.1. The van der Waals surface area contributed by atoms with Gasteiger partial charge >= 0.3 is 0 Å². The quantitative estimate of drug-likeness (QED) is 0.174. The number of pyridine rings is 1. The molecule has 1 aliphatic rings. The molecule has 1 amide bonds. The molecule has 10 heteroatoms. The summed E-state index contributed by atoms with van der Waals surface area (Å²) in [5, 5.41) is 19.3. The fourth-order valence-electron chi connectivity index (χ4n) is 5.53. The number of hydrogen-bond donors (Lipinski definition) is 3. The number of imidazole rings is 1. The number of fused-ring (bicyclic) bond motifs is 1. The number of aryl methyl sites for hydroxylation is 1. The average molecular weight is 642 g/mol. The Bertz CT molecular complexity index is 1960. The van der Waals surface area contributed by atoms with Crippen LogP contribution in [0.5, 0.6) is 0 Å². The summed E-state index contributed by atoms with van der Waals surface area (Å²) in [6.07, 6.45) is 7.21. The fourth-order valence-corrected chi connectivity index (χ4v) is 5.53. The zero-order chi connectivity index (χ0) is 34.3. The number of hydrogen-bond acceptors (Lipinski definition) is 8. The van der Waals surface area contributed by atoms with E-state index >= 15 is 0 Å². The van der Waals surface area contributed by atoms with Crippen LogP contribution in [0.4, 0.5) is 11.4 Å². The molecule has 1 aliphatic heterocycles. The molecule has 246 valence electrons. The largest absolute Gasteiger partial charge is 0.392 e. The highest BCUT2D eigenvalue weighted by atomic mass is 16.1. The predicted octanol–water partition coefficient (Wildman–Crippen LogP) is 5.02. The first-order valence-corrected chi connectivity index (χ1v) is 16.0. The molecule has 4 aromatic rings. The highest BCUT2D eigenvalue weighted by molar-refractivity contribution is 6.04. The van der Waals surface area contributed by atoms with E-state index < -0.39 is 5.41 Å². The third kappa shape index (κ3) is 8.10. The standard InChI is InChI=1S/C38H43N9O/c1-27-9-10-30(20-29(27)11-12-34-24-42-36-35(8-7-13-47(34)36)43-33(22-40-4)23-41-5)37(48)44-32-19-28(18-31(21-32)38(2,3)26-39)25-46-16-14-45(6)15-17-46/h7-10,13,18-24,40,43H,14-17,25H2,1-6H3,(H,44,48)/b33-22+,41-23-. The third-order valence-electron chi connectivity index (χ3n) is 8.46. The lowest BCUT2D eigenvalue weighted by Crippen LogP contribution is -2.43. The summed E-state index contributed by atoms with van der Waals surface area (Å²) in [6.45, 7) is 10.5. The van der Waals surface area contributed by atoms with E-state index in [0.717, 1.165) is 77.7 Å². The number of aliphatic imine (C=N–C) groups is 1. The fraction of sp³-hybridized carbons (Fsp3) is 0.316. The van der Waals surface area contributed by atoms with Crippen LogP contribution in [-0.2, 0) is 12.0 Å². The van der Waals surface area contributed by atoms with Gasteiger partial charge in [0.05, 0.1) is 29.1 Å². The minimum Gasteiger partial charge on any atom is -0.392 e. The van der Waals surface area contributed by atoms with Crippen molar-refractivity contribution in [2.45, 2.75) is 32.7 Å². The van der Waals surface area contributed by atoms with Crippen LogP contribution in [0.1, 0.15) is 52.2 Å². The molecule has 10 nitrogen and oxygen atoms in total. The van der Waals surface area contributed by atoms with E-state index in [9.17, 15) is 10.1 Å². The van der Waals surface area contributed by atoms with Crippen LogP contribution in [0.3, 0.4) is 0 Å². The number of carbonyl (C=O) groups is 1. The number of nitrogens with zero attached hydrogens (tertiary/aromatic N) is 6. The molecule has 0 bridgehead atoms. The van der Waals surface area contributed by atoms with Gasteiger partial charge in [-0.15, -0.1) is 0 Å². The molecule has 1 fully saturated rings. The Balaban J connectivity index is 1.38. The Labute approximate surface area is 283 Å². The van der Waals surface area contributed by atoms with Gasteiger partial charge in [0, 0.05) is 82.2 Å². The van der Waals surface area contributed by atoms with Gasteiger partial charge in [0.1, 0.15) is 5.69 Å². The van der Waals surface area contributed by atoms with Gasteiger partial charge in [0.25, 0.3) is 5.91 Å². The van der Waals surface area contributed by atoms with Crippen LogP contribution >= 0.6 is 0 Å². The van der Waals surface area contributed by atoms with Crippen LogP contribution in [-0.4, -0.2) is 78.6 Å². The van der Waals surface area contributed by atoms with Crippen molar-refractivity contribution in [1.82, 2.24) is 24.5 Å².